The summed E-state index contributed by atoms with van der Waals surface area (Å²) in [5.74, 6) is 0.546. The SMILES string of the molecule is Cc1sc(SCCCCCF)c2c(NS(=O)(=O)C[C@]3(C)C4CC[C@@]3(C)C(=O)[C@H]4Br)nc(=O)n-2c1C. The van der Waals surface area contributed by atoms with Crippen LogP contribution in [0.25, 0.3) is 5.69 Å². The quantitative estimate of drug-likeness (QED) is 0.229. The molecular formula is C23H31BrFN3O4S3. The Labute approximate surface area is 222 Å². The van der Waals surface area contributed by atoms with Gasteiger partial charge in [-0.1, -0.05) is 36.2 Å². The number of hydrogen-bond donors (Lipinski definition) is 1. The van der Waals surface area contributed by atoms with Crippen molar-refractivity contribution in [3.05, 3.63) is 21.1 Å². The van der Waals surface area contributed by atoms with E-state index in [1.54, 1.807) is 0 Å². The summed E-state index contributed by atoms with van der Waals surface area (Å²) in [7, 11) is -3.92. The molecule has 0 saturated heterocycles. The number of anilines is 1. The van der Waals surface area contributed by atoms with Crippen LogP contribution in [0.15, 0.2) is 9.00 Å². The molecule has 0 aromatic carbocycles. The monoisotopic (exact) mass is 607 g/mol. The number of hydrogen-bond acceptors (Lipinski definition) is 7. The number of ketones is 1. The van der Waals surface area contributed by atoms with Crippen molar-refractivity contribution in [2.24, 2.45) is 16.7 Å². The Morgan fingerprint density at radius 2 is 1.97 bits per heavy atom. The molecule has 0 amide bonds. The standard InChI is InChI=1S/C23H31BrFN3O4S3/c1-13-14(2)34-20(33-11-7-5-6-10-25)17-19(26-21(30)28(13)17)27-35(31,32)12-23(4)15-8-9-22(23,3)18(29)16(15)24/h15-16H,5-12H2,1-4H3,(H,26,27,30)/t15?,16-,22-,23+/m0/s1. The van der Waals surface area contributed by atoms with Crippen molar-refractivity contribution in [3.63, 3.8) is 0 Å². The van der Waals surface area contributed by atoms with Gasteiger partial charge in [-0.2, -0.15) is 4.98 Å². The molecule has 194 valence electrons. The van der Waals surface area contributed by atoms with Gasteiger partial charge in [-0.25, -0.2) is 13.2 Å². The maximum atomic E-state index is 13.5. The first-order valence-electron chi connectivity index (χ1n) is 11.8. The Balaban J connectivity index is 1.65. The van der Waals surface area contributed by atoms with Crippen molar-refractivity contribution in [3.8, 4) is 5.69 Å². The molecule has 0 radical (unpaired) electrons. The first-order chi connectivity index (χ1) is 16.4. The summed E-state index contributed by atoms with van der Waals surface area (Å²) in [6.07, 6.45) is 3.58. The van der Waals surface area contributed by atoms with Crippen LogP contribution in [0, 0.1) is 30.6 Å². The number of nitrogens with one attached hydrogen (secondary N) is 1. The lowest BCUT2D eigenvalue weighted by Gasteiger charge is -2.36. The summed E-state index contributed by atoms with van der Waals surface area (Å²) >= 11 is 6.53. The zero-order valence-corrected chi connectivity index (χ0v) is 24.4. The van der Waals surface area contributed by atoms with E-state index in [4.69, 9.17) is 0 Å². The average Bonchev–Trinajstić information content (AvgIpc) is 3.27. The summed E-state index contributed by atoms with van der Waals surface area (Å²) in [5.41, 5.74) is -0.779. The van der Waals surface area contributed by atoms with Gasteiger partial charge in [0.25, 0.3) is 0 Å². The number of fused-ring (bicyclic) bond motifs is 3. The fourth-order valence-corrected chi connectivity index (χ4v) is 11.4. The molecule has 1 unspecified atom stereocenters. The number of halogens is 2. The molecule has 7 nitrogen and oxygen atoms in total. The summed E-state index contributed by atoms with van der Waals surface area (Å²) in [5, 5.41) is 0. The van der Waals surface area contributed by atoms with Gasteiger partial charge in [0, 0.05) is 16.0 Å². The lowest BCUT2D eigenvalue weighted by molar-refractivity contribution is -0.127. The van der Waals surface area contributed by atoms with E-state index in [0.29, 0.717) is 18.5 Å². The Kier molecular flexibility index (Phi) is 7.52. The number of alkyl halides is 2. The molecule has 2 saturated carbocycles. The molecule has 12 heteroatoms. The van der Waals surface area contributed by atoms with Crippen molar-refractivity contribution in [1.82, 2.24) is 9.55 Å². The Bertz CT molecular complexity index is 1280. The molecule has 4 atom stereocenters. The average molecular weight is 609 g/mol. The number of carbonyl (C=O) groups excluding carboxylic acids is 1. The molecule has 4 aliphatic rings. The van der Waals surface area contributed by atoms with E-state index in [1.165, 1.54) is 27.7 Å². The minimum atomic E-state index is -3.92. The number of aromatic nitrogens is 2. The topological polar surface area (TPSA) is 98.1 Å². The van der Waals surface area contributed by atoms with E-state index < -0.39 is 26.5 Å². The molecule has 2 heterocycles. The van der Waals surface area contributed by atoms with Crippen LogP contribution in [-0.2, 0) is 14.8 Å². The highest BCUT2D eigenvalue weighted by molar-refractivity contribution is 9.10. The maximum absolute atomic E-state index is 13.5. The van der Waals surface area contributed by atoms with Crippen LogP contribution in [0.1, 0.15) is 56.5 Å². The number of aryl methyl sites for hydroxylation is 1. The predicted molar refractivity (Wildman–Crippen MR) is 143 cm³/mol. The van der Waals surface area contributed by atoms with E-state index >= 15 is 0 Å². The van der Waals surface area contributed by atoms with E-state index in [1.807, 2.05) is 27.7 Å². The molecule has 2 bridgehead atoms. The van der Waals surface area contributed by atoms with Crippen molar-refractivity contribution in [2.75, 3.05) is 22.9 Å². The Hall–Kier alpha value is -0.980. The largest absolute Gasteiger partial charge is 0.354 e. The lowest BCUT2D eigenvalue weighted by Crippen LogP contribution is -2.42. The van der Waals surface area contributed by atoms with E-state index in [9.17, 15) is 22.4 Å². The molecule has 2 aliphatic carbocycles. The third kappa shape index (κ3) is 4.50. The highest BCUT2D eigenvalue weighted by atomic mass is 79.9. The van der Waals surface area contributed by atoms with Crippen molar-refractivity contribution in [1.29, 1.82) is 0 Å². The molecule has 0 spiro atoms. The normalized spacial score (nSPS) is 28.3. The molecule has 35 heavy (non-hydrogen) atoms. The van der Waals surface area contributed by atoms with Gasteiger partial charge < -0.3 is 0 Å². The lowest BCUT2D eigenvalue weighted by atomic mass is 9.70. The van der Waals surface area contributed by atoms with Gasteiger partial charge in [-0.05, 0) is 56.6 Å². The Morgan fingerprint density at radius 3 is 2.60 bits per heavy atom. The van der Waals surface area contributed by atoms with Crippen LogP contribution < -0.4 is 10.4 Å². The molecule has 2 aliphatic heterocycles. The minimum absolute atomic E-state index is 0.0291. The molecule has 0 aromatic rings. The second-order valence-electron chi connectivity index (χ2n) is 10.1. The minimum Gasteiger partial charge on any atom is -0.298 e. The summed E-state index contributed by atoms with van der Waals surface area (Å²) in [4.78, 5) is 30.4. The van der Waals surface area contributed by atoms with Crippen molar-refractivity contribution < 1.29 is 17.6 Å². The van der Waals surface area contributed by atoms with Crippen molar-refractivity contribution >= 4 is 60.7 Å². The number of imidazole rings is 1. The first-order valence-corrected chi connectivity index (χ1v) is 16.1. The van der Waals surface area contributed by atoms with Gasteiger partial charge in [-0.3, -0.25) is 18.5 Å². The third-order valence-electron chi connectivity index (χ3n) is 8.07. The maximum Gasteiger partial charge on any atom is 0.354 e. The molecule has 0 aromatic heterocycles. The second kappa shape index (κ2) is 9.72. The van der Waals surface area contributed by atoms with E-state index in [0.717, 1.165) is 39.8 Å². The number of unbranched alkanes of at least 4 members (excludes halogenated alkanes) is 2. The molecule has 1 N–H and O–H groups in total. The Morgan fingerprint density at radius 1 is 1.26 bits per heavy atom. The number of Topliss-reactive ketones (excluding diaryl/α,β-unsaturated/α-hetero) is 1. The number of sulfonamides is 1. The summed E-state index contributed by atoms with van der Waals surface area (Å²) in [6.45, 7) is 7.16. The van der Waals surface area contributed by atoms with Crippen LogP contribution >= 0.6 is 39.0 Å². The highest BCUT2D eigenvalue weighted by Gasteiger charge is 2.68. The summed E-state index contributed by atoms with van der Waals surface area (Å²) < 4.78 is 44.2. The van der Waals surface area contributed by atoms with Gasteiger partial charge >= 0.3 is 5.69 Å². The fourth-order valence-electron chi connectivity index (χ4n) is 5.69. The fraction of sp³-hybridized carbons (Fsp3) is 0.696. The van der Waals surface area contributed by atoms with Crippen LogP contribution in [-0.4, -0.2) is 46.8 Å². The third-order valence-corrected chi connectivity index (χ3v) is 13.1. The van der Waals surface area contributed by atoms with Gasteiger partial charge in [0.15, 0.2) is 11.6 Å². The first kappa shape index (κ1) is 27.1. The summed E-state index contributed by atoms with van der Waals surface area (Å²) in [6, 6.07) is 0. The van der Waals surface area contributed by atoms with Gasteiger partial charge in [0.1, 0.15) is 5.69 Å². The number of thioether (sulfide) groups is 1. The number of rotatable bonds is 10. The second-order valence-corrected chi connectivity index (χ2v) is 15.4. The smallest absolute Gasteiger partial charge is 0.298 e. The zero-order valence-electron chi connectivity index (χ0n) is 20.3. The van der Waals surface area contributed by atoms with Crippen LogP contribution in [0.3, 0.4) is 0 Å². The van der Waals surface area contributed by atoms with Gasteiger partial charge in [0.2, 0.25) is 10.0 Å². The highest BCUT2D eigenvalue weighted by Crippen LogP contribution is 2.65. The van der Waals surface area contributed by atoms with Crippen LogP contribution in [0.5, 0.6) is 0 Å². The zero-order chi connectivity index (χ0) is 25.8. The number of nitrogens with zero attached hydrogens (tertiary/aromatic N) is 2. The van der Waals surface area contributed by atoms with Crippen LogP contribution in [0.4, 0.5) is 10.2 Å². The van der Waals surface area contributed by atoms with E-state index in [-0.39, 0.29) is 34.8 Å². The van der Waals surface area contributed by atoms with Gasteiger partial charge in [0.05, 0.1) is 21.5 Å². The van der Waals surface area contributed by atoms with E-state index in [2.05, 4.69) is 25.6 Å². The van der Waals surface area contributed by atoms with Crippen molar-refractivity contribution in [2.45, 2.75) is 68.8 Å². The number of carbonyl (C=O) groups is 1. The molecule has 2 fully saturated rings. The molecular weight excluding hydrogens is 577 g/mol. The predicted octanol–water partition coefficient (Wildman–Crippen LogP) is 5.09. The van der Waals surface area contributed by atoms with Crippen LogP contribution in [0.2, 0.25) is 0 Å². The molecule has 4 rings (SSSR count). The van der Waals surface area contributed by atoms with Gasteiger partial charge in [-0.15, -0.1) is 23.1 Å².